The van der Waals surface area contributed by atoms with Gasteiger partial charge in [-0.15, -0.1) is 0 Å². The molecule has 1 aromatic rings. The average Bonchev–Trinajstić information content (AvgIpc) is 1.86. The Kier molecular flexibility index (Phi) is 1.01. The molecule has 2 aliphatic carbocycles. The minimum absolute atomic E-state index is 1.18. The van der Waals surface area contributed by atoms with E-state index in [4.69, 9.17) is 0 Å². The van der Waals surface area contributed by atoms with Gasteiger partial charge in [0.05, 0.1) is 0 Å². The second kappa shape index (κ2) is 1.75. The summed E-state index contributed by atoms with van der Waals surface area (Å²) in [4.78, 5) is 2.16. The molecule has 0 aliphatic heterocycles. The monoisotopic (exact) mass is 133 g/mol. The molecular formula is C9H11N. The molecule has 0 aromatic heterocycles. The molecule has 10 heavy (non-hydrogen) atoms. The zero-order valence-electron chi connectivity index (χ0n) is 6.39. The lowest BCUT2D eigenvalue weighted by atomic mass is 9.91. The van der Waals surface area contributed by atoms with Crippen LogP contribution in [0, 0.1) is 0 Å². The number of rotatable bonds is 1. The van der Waals surface area contributed by atoms with Crippen molar-refractivity contribution in [1.82, 2.24) is 0 Å². The van der Waals surface area contributed by atoms with E-state index in [9.17, 15) is 0 Å². The summed E-state index contributed by atoms with van der Waals surface area (Å²) in [5, 5.41) is 0. The summed E-state index contributed by atoms with van der Waals surface area (Å²) in [6.07, 6.45) is 1.18. The molecule has 0 radical (unpaired) electrons. The lowest BCUT2D eigenvalue weighted by Crippen LogP contribution is -2.15. The van der Waals surface area contributed by atoms with Gasteiger partial charge < -0.3 is 4.90 Å². The van der Waals surface area contributed by atoms with Crippen molar-refractivity contribution in [3.8, 4) is 0 Å². The van der Waals surface area contributed by atoms with Crippen molar-refractivity contribution >= 4 is 5.69 Å². The number of anilines is 1. The summed E-state index contributed by atoms with van der Waals surface area (Å²) < 4.78 is 0. The van der Waals surface area contributed by atoms with Crippen LogP contribution in [0.15, 0.2) is 18.2 Å². The van der Waals surface area contributed by atoms with Crippen molar-refractivity contribution in [3.63, 3.8) is 0 Å². The van der Waals surface area contributed by atoms with E-state index in [1.165, 1.54) is 23.2 Å². The smallest absolute Gasteiger partial charge is 0.0397 e. The Labute approximate surface area is 61.3 Å². The minimum atomic E-state index is 1.18. The Morgan fingerprint density at radius 1 is 1.30 bits per heavy atom. The van der Waals surface area contributed by atoms with E-state index in [2.05, 4.69) is 37.2 Å². The van der Waals surface area contributed by atoms with Crippen LogP contribution in [0.2, 0.25) is 0 Å². The van der Waals surface area contributed by atoms with Gasteiger partial charge in [-0.05, 0) is 23.6 Å². The molecule has 0 atom stereocenters. The fraction of sp³-hybridized carbons (Fsp3) is 0.333. The molecule has 52 valence electrons. The van der Waals surface area contributed by atoms with Gasteiger partial charge in [0.25, 0.3) is 0 Å². The molecule has 0 amide bonds. The Hall–Kier alpha value is -0.980. The molecule has 0 saturated heterocycles. The molecule has 0 heterocycles. The van der Waals surface area contributed by atoms with Crippen molar-refractivity contribution in [3.05, 3.63) is 29.3 Å². The number of hydrogen-bond donors (Lipinski definition) is 0. The zero-order chi connectivity index (χ0) is 7.14. The molecular weight excluding hydrogens is 122 g/mol. The first-order valence-electron chi connectivity index (χ1n) is 3.56. The molecule has 2 aliphatic rings. The van der Waals surface area contributed by atoms with E-state index in [1.807, 2.05) is 0 Å². The van der Waals surface area contributed by atoms with Crippen LogP contribution in [-0.4, -0.2) is 14.1 Å². The van der Waals surface area contributed by atoms with Gasteiger partial charge in [-0.25, -0.2) is 0 Å². The highest BCUT2D eigenvalue weighted by atomic mass is 15.1. The fourth-order valence-electron chi connectivity index (χ4n) is 1.42. The largest absolute Gasteiger partial charge is 0.377 e. The van der Waals surface area contributed by atoms with Crippen molar-refractivity contribution in [2.45, 2.75) is 6.42 Å². The van der Waals surface area contributed by atoms with Crippen LogP contribution in [0.3, 0.4) is 0 Å². The zero-order valence-corrected chi connectivity index (χ0v) is 6.39. The van der Waals surface area contributed by atoms with Crippen LogP contribution in [0.1, 0.15) is 11.1 Å². The number of benzene rings is 1. The Morgan fingerprint density at radius 3 is 2.30 bits per heavy atom. The highest BCUT2D eigenvalue weighted by Gasteiger charge is 2.13. The van der Waals surface area contributed by atoms with Crippen LogP contribution >= 0.6 is 0 Å². The number of nitrogens with zero attached hydrogens (tertiary/aromatic N) is 1. The standard InChI is InChI=1S/C9H11N/c1-10(2)9-4-3-7-5-8(9)6-7/h3-5H,6H2,1-2H3. The summed E-state index contributed by atoms with van der Waals surface area (Å²) in [7, 11) is 4.17. The van der Waals surface area contributed by atoms with Gasteiger partial charge in [-0.2, -0.15) is 0 Å². The van der Waals surface area contributed by atoms with E-state index in [0.717, 1.165) is 0 Å². The van der Waals surface area contributed by atoms with E-state index < -0.39 is 0 Å². The molecule has 1 heteroatoms. The molecule has 1 aromatic carbocycles. The summed E-state index contributed by atoms with van der Waals surface area (Å²) in [6.45, 7) is 0. The molecule has 2 bridgehead atoms. The summed E-state index contributed by atoms with van der Waals surface area (Å²) in [5.74, 6) is 0. The second-order valence-electron chi connectivity index (χ2n) is 3.03. The molecule has 0 N–H and O–H groups in total. The van der Waals surface area contributed by atoms with E-state index >= 15 is 0 Å². The van der Waals surface area contributed by atoms with Gasteiger partial charge in [-0.3, -0.25) is 0 Å². The Balaban J connectivity index is 2.46. The average molecular weight is 133 g/mol. The first-order chi connectivity index (χ1) is 4.77. The third-order valence-corrected chi connectivity index (χ3v) is 2.02. The highest BCUT2D eigenvalue weighted by Crippen LogP contribution is 2.30. The van der Waals surface area contributed by atoms with Crippen molar-refractivity contribution in [2.75, 3.05) is 19.0 Å². The number of fused-ring (bicyclic) bond motifs is 2. The fourth-order valence-corrected chi connectivity index (χ4v) is 1.42. The van der Waals surface area contributed by atoms with Crippen LogP contribution in [0.5, 0.6) is 0 Å². The van der Waals surface area contributed by atoms with Gasteiger partial charge in [0.2, 0.25) is 0 Å². The first-order valence-corrected chi connectivity index (χ1v) is 3.56. The normalized spacial score (nSPS) is 12.6. The maximum absolute atomic E-state index is 2.26. The molecule has 0 fully saturated rings. The SMILES string of the molecule is CN(C)c1ccc2cc1C2. The molecule has 0 spiro atoms. The molecule has 3 rings (SSSR count). The second-order valence-corrected chi connectivity index (χ2v) is 3.03. The van der Waals surface area contributed by atoms with Crippen LogP contribution in [0.4, 0.5) is 5.69 Å². The summed E-state index contributed by atoms with van der Waals surface area (Å²) >= 11 is 0. The van der Waals surface area contributed by atoms with E-state index in [0.29, 0.717) is 0 Å². The maximum Gasteiger partial charge on any atom is 0.0397 e. The van der Waals surface area contributed by atoms with E-state index in [1.54, 1.807) is 0 Å². The van der Waals surface area contributed by atoms with E-state index in [-0.39, 0.29) is 0 Å². The van der Waals surface area contributed by atoms with Gasteiger partial charge in [0.15, 0.2) is 0 Å². The summed E-state index contributed by atoms with van der Waals surface area (Å²) in [6, 6.07) is 6.64. The maximum atomic E-state index is 2.26. The third kappa shape index (κ3) is 0.635. The van der Waals surface area contributed by atoms with Crippen molar-refractivity contribution in [2.24, 2.45) is 0 Å². The predicted octanol–water partition coefficient (Wildman–Crippen LogP) is 1.66. The summed E-state index contributed by atoms with van der Waals surface area (Å²) in [5.41, 5.74) is 4.33. The Morgan fingerprint density at radius 2 is 2.00 bits per heavy atom. The molecule has 1 nitrogen and oxygen atoms in total. The Bertz CT molecular complexity index is 260. The molecule has 0 unspecified atom stereocenters. The number of hydrogen-bond acceptors (Lipinski definition) is 1. The van der Waals surface area contributed by atoms with Gasteiger partial charge in [-0.1, -0.05) is 12.1 Å². The van der Waals surface area contributed by atoms with Gasteiger partial charge >= 0.3 is 0 Å². The van der Waals surface area contributed by atoms with Crippen LogP contribution in [0.25, 0.3) is 0 Å². The quantitative estimate of drug-likeness (QED) is 0.571. The molecule has 0 saturated carbocycles. The van der Waals surface area contributed by atoms with Crippen molar-refractivity contribution < 1.29 is 0 Å². The van der Waals surface area contributed by atoms with Gasteiger partial charge in [0, 0.05) is 19.8 Å². The van der Waals surface area contributed by atoms with Crippen LogP contribution < -0.4 is 4.90 Å². The lowest BCUT2D eigenvalue weighted by Gasteiger charge is -2.24. The van der Waals surface area contributed by atoms with Crippen molar-refractivity contribution in [1.29, 1.82) is 0 Å². The third-order valence-electron chi connectivity index (χ3n) is 2.02. The lowest BCUT2D eigenvalue weighted by molar-refractivity contribution is 1.02. The predicted molar refractivity (Wildman–Crippen MR) is 43.6 cm³/mol. The first kappa shape index (κ1) is 5.78. The topological polar surface area (TPSA) is 3.24 Å². The highest BCUT2D eigenvalue weighted by molar-refractivity contribution is 5.60. The minimum Gasteiger partial charge on any atom is -0.377 e. The van der Waals surface area contributed by atoms with Crippen LogP contribution in [-0.2, 0) is 6.42 Å². The van der Waals surface area contributed by atoms with Gasteiger partial charge in [0.1, 0.15) is 0 Å².